The predicted molar refractivity (Wildman–Crippen MR) is 51.6 cm³/mol. The van der Waals surface area contributed by atoms with Gasteiger partial charge in [-0.2, -0.15) is 0 Å². The number of benzene rings is 1. The summed E-state index contributed by atoms with van der Waals surface area (Å²) in [6.07, 6.45) is 1.33. The molecule has 1 heterocycles. The summed E-state index contributed by atoms with van der Waals surface area (Å²) in [6, 6.07) is 3.39. The fraction of sp³-hybridized carbons (Fsp3) is 0.111. The fourth-order valence-electron chi connectivity index (χ4n) is 1.33. The van der Waals surface area contributed by atoms with Crippen molar-refractivity contribution < 1.29 is 9.15 Å². The number of aromatic nitrogens is 1. The van der Waals surface area contributed by atoms with Gasteiger partial charge in [0.2, 0.25) is 0 Å². The van der Waals surface area contributed by atoms with Crippen molar-refractivity contribution in [3.8, 4) is 5.75 Å². The van der Waals surface area contributed by atoms with E-state index in [0.29, 0.717) is 22.4 Å². The van der Waals surface area contributed by atoms with Gasteiger partial charge in [0.25, 0.3) is 0 Å². The van der Waals surface area contributed by atoms with E-state index >= 15 is 0 Å². The molecule has 0 saturated carbocycles. The lowest BCUT2D eigenvalue weighted by atomic mass is 10.1. The number of hydrogen-bond acceptors (Lipinski definition) is 4. The Balaban J connectivity index is 2.78. The first-order valence-corrected chi connectivity index (χ1v) is 3.98. The number of amidine groups is 1. The van der Waals surface area contributed by atoms with Gasteiger partial charge in [0, 0.05) is 0 Å². The molecule has 0 amide bonds. The summed E-state index contributed by atoms with van der Waals surface area (Å²) in [5.41, 5.74) is 7.12. The average Bonchev–Trinajstić information content (AvgIpc) is 2.63. The molecule has 0 unspecified atom stereocenters. The lowest BCUT2D eigenvalue weighted by molar-refractivity contribution is 0.418. The van der Waals surface area contributed by atoms with Gasteiger partial charge in [-0.3, -0.25) is 5.41 Å². The van der Waals surface area contributed by atoms with E-state index in [2.05, 4.69) is 4.98 Å². The van der Waals surface area contributed by atoms with Crippen molar-refractivity contribution in [3.05, 3.63) is 24.1 Å². The highest BCUT2D eigenvalue weighted by atomic mass is 16.5. The molecule has 0 fully saturated rings. The Morgan fingerprint density at radius 2 is 2.36 bits per heavy atom. The van der Waals surface area contributed by atoms with Gasteiger partial charge in [0.15, 0.2) is 23.2 Å². The largest absolute Gasteiger partial charge is 0.494 e. The molecule has 2 rings (SSSR count). The number of hydrogen-bond donors (Lipinski definition) is 2. The van der Waals surface area contributed by atoms with Gasteiger partial charge in [0.05, 0.1) is 12.7 Å². The second-order valence-electron chi connectivity index (χ2n) is 2.76. The molecule has 0 radical (unpaired) electrons. The molecule has 5 heteroatoms. The molecule has 0 atom stereocenters. The van der Waals surface area contributed by atoms with Crippen molar-refractivity contribution in [1.82, 2.24) is 4.98 Å². The van der Waals surface area contributed by atoms with Gasteiger partial charge < -0.3 is 14.9 Å². The highest BCUT2D eigenvalue weighted by Crippen LogP contribution is 2.27. The summed E-state index contributed by atoms with van der Waals surface area (Å²) in [4.78, 5) is 3.99. The van der Waals surface area contributed by atoms with Crippen LogP contribution >= 0.6 is 0 Å². The number of oxazole rings is 1. The Bertz CT molecular complexity index is 490. The van der Waals surface area contributed by atoms with Crippen molar-refractivity contribution in [2.75, 3.05) is 7.11 Å². The molecule has 0 aliphatic heterocycles. The Kier molecular flexibility index (Phi) is 1.85. The minimum absolute atomic E-state index is 0.0493. The Hall–Kier alpha value is -2.04. The molecule has 0 spiro atoms. The van der Waals surface area contributed by atoms with Crippen molar-refractivity contribution in [3.63, 3.8) is 0 Å². The average molecular weight is 191 g/mol. The van der Waals surface area contributed by atoms with E-state index in [4.69, 9.17) is 20.3 Å². The fourth-order valence-corrected chi connectivity index (χ4v) is 1.33. The monoisotopic (exact) mass is 191 g/mol. The summed E-state index contributed by atoms with van der Waals surface area (Å²) in [5, 5.41) is 7.35. The molecule has 0 saturated heterocycles. The van der Waals surface area contributed by atoms with Gasteiger partial charge in [-0.15, -0.1) is 0 Å². The summed E-state index contributed by atoms with van der Waals surface area (Å²) in [6.45, 7) is 0. The van der Waals surface area contributed by atoms with Crippen molar-refractivity contribution in [2.45, 2.75) is 0 Å². The molecule has 14 heavy (non-hydrogen) atoms. The molecule has 1 aromatic heterocycles. The van der Waals surface area contributed by atoms with E-state index in [1.54, 1.807) is 12.1 Å². The first-order chi connectivity index (χ1) is 6.74. The zero-order valence-electron chi connectivity index (χ0n) is 7.57. The third-order valence-corrected chi connectivity index (χ3v) is 1.95. The van der Waals surface area contributed by atoms with E-state index in [0.717, 1.165) is 0 Å². The predicted octanol–water partition coefficient (Wildman–Crippen LogP) is 1.12. The zero-order valence-corrected chi connectivity index (χ0v) is 7.57. The van der Waals surface area contributed by atoms with Crippen LogP contribution in [0.5, 0.6) is 5.75 Å². The van der Waals surface area contributed by atoms with Crippen LogP contribution in [0.3, 0.4) is 0 Å². The second-order valence-corrected chi connectivity index (χ2v) is 2.76. The van der Waals surface area contributed by atoms with Crippen LogP contribution in [0.4, 0.5) is 0 Å². The Morgan fingerprint density at radius 1 is 1.57 bits per heavy atom. The van der Waals surface area contributed by atoms with E-state index < -0.39 is 0 Å². The smallest absolute Gasteiger partial charge is 0.182 e. The molecule has 2 aromatic rings. The van der Waals surface area contributed by atoms with Crippen LogP contribution < -0.4 is 10.5 Å². The highest BCUT2D eigenvalue weighted by molar-refractivity contribution is 6.02. The molecule has 1 aromatic carbocycles. The van der Waals surface area contributed by atoms with E-state index in [-0.39, 0.29) is 5.84 Å². The molecule has 5 nitrogen and oxygen atoms in total. The van der Waals surface area contributed by atoms with Gasteiger partial charge in [-0.1, -0.05) is 0 Å². The molecule has 3 N–H and O–H groups in total. The summed E-state index contributed by atoms with van der Waals surface area (Å²) < 4.78 is 10.2. The summed E-state index contributed by atoms with van der Waals surface area (Å²) in [5.74, 6) is 0.426. The van der Waals surface area contributed by atoms with Crippen LogP contribution in [0, 0.1) is 5.41 Å². The number of methoxy groups -OCH3 is 1. The lowest BCUT2D eigenvalue weighted by Crippen LogP contribution is -2.12. The molecule has 0 aliphatic carbocycles. The first kappa shape index (κ1) is 8.55. The SMILES string of the molecule is COc1c(C(=N)N)ccc2ocnc12. The van der Waals surface area contributed by atoms with E-state index in [1.807, 2.05) is 0 Å². The number of nitrogens with zero attached hydrogens (tertiary/aromatic N) is 1. The van der Waals surface area contributed by atoms with Gasteiger partial charge in [0.1, 0.15) is 5.84 Å². The number of rotatable bonds is 2. The number of nitrogens with two attached hydrogens (primary N) is 1. The molecular weight excluding hydrogens is 182 g/mol. The van der Waals surface area contributed by atoms with Crippen LogP contribution in [-0.4, -0.2) is 17.9 Å². The molecule has 72 valence electrons. The maximum atomic E-state index is 7.35. The number of nitrogens with one attached hydrogen (secondary N) is 1. The van der Waals surface area contributed by atoms with E-state index in [1.165, 1.54) is 13.5 Å². The maximum absolute atomic E-state index is 7.35. The zero-order chi connectivity index (χ0) is 10.1. The Morgan fingerprint density at radius 3 is 3.00 bits per heavy atom. The Labute approximate surface area is 80.0 Å². The third kappa shape index (κ3) is 1.10. The minimum atomic E-state index is -0.0493. The second kappa shape index (κ2) is 3.02. The van der Waals surface area contributed by atoms with Crippen molar-refractivity contribution >= 4 is 16.9 Å². The van der Waals surface area contributed by atoms with Crippen LogP contribution in [0.2, 0.25) is 0 Å². The van der Waals surface area contributed by atoms with Crippen LogP contribution in [-0.2, 0) is 0 Å². The quantitative estimate of drug-likeness (QED) is 0.550. The first-order valence-electron chi connectivity index (χ1n) is 3.98. The number of ether oxygens (including phenoxy) is 1. The van der Waals surface area contributed by atoms with Gasteiger partial charge in [-0.25, -0.2) is 4.98 Å². The van der Waals surface area contributed by atoms with Gasteiger partial charge >= 0.3 is 0 Å². The normalized spacial score (nSPS) is 10.4. The summed E-state index contributed by atoms with van der Waals surface area (Å²) >= 11 is 0. The van der Waals surface area contributed by atoms with Crippen LogP contribution in [0.25, 0.3) is 11.1 Å². The minimum Gasteiger partial charge on any atom is -0.494 e. The molecule has 0 bridgehead atoms. The molecular formula is C9H9N3O2. The lowest BCUT2D eigenvalue weighted by Gasteiger charge is -2.06. The van der Waals surface area contributed by atoms with E-state index in [9.17, 15) is 0 Å². The van der Waals surface area contributed by atoms with Crippen molar-refractivity contribution in [2.24, 2.45) is 5.73 Å². The topological polar surface area (TPSA) is 85.1 Å². The van der Waals surface area contributed by atoms with Crippen LogP contribution in [0.15, 0.2) is 22.9 Å². The number of nitrogen functional groups attached to an aromatic ring is 1. The maximum Gasteiger partial charge on any atom is 0.182 e. The van der Waals surface area contributed by atoms with Crippen molar-refractivity contribution in [1.29, 1.82) is 5.41 Å². The highest BCUT2D eigenvalue weighted by Gasteiger charge is 2.12. The van der Waals surface area contributed by atoms with Gasteiger partial charge in [-0.05, 0) is 12.1 Å². The standard InChI is InChI=1S/C9H9N3O2/c1-13-8-5(9(10)11)2-3-6-7(8)12-4-14-6/h2-4H,1H3,(H3,10,11). The van der Waals surface area contributed by atoms with Crippen LogP contribution in [0.1, 0.15) is 5.56 Å². The third-order valence-electron chi connectivity index (χ3n) is 1.95. The summed E-state index contributed by atoms with van der Waals surface area (Å²) in [7, 11) is 1.51. The molecule has 0 aliphatic rings. The number of fused-ring (bicyclic) bond motifs is 1.